The van der Waals surface area contributed by atoms with Gasteiger partial charge in [-0.15, -0.1) is 0 Å². The molecule has 0 fully saturated rings. The normalized spacial score (nSPS) is 16.2. The van der Waals surface area contributed by atoms with Crippen molar-refractivity contribution in [2.75, 3.05) is 0 Å². The van der Waals surface area contributed by atoms with Gasteiger partial charge in [0, 0.05) is 41.6 Å². The number of hydrogen-bond acceptors (Lipinski definition) is 5. The highest BCUT2D eigenvalue weighted by atomic mass is 32.1. The highest BCUT2D eigenvalue weighted by Crippen LogP contribution is 2.38. The third kappa shape index (κ3) is 3.32. The molecular formula is C22H18N4OS2. The first-order valence-corrected chi connectivity index (χ1v) is 11.2. The van der Waals surface area contributed by atoms with E-state index >= 15 is 0 Å². The summed E-state index contributed by atoms with van der Waals surface area (Å²) in [6, 6.07) is 14.0. The standard InChI is InChI=1S/C22H18N4OS2/c1-15(27)26-21(11-20(23-26)16-7-9-28-13-16)19-12-25(18-5-3-2-4-6-18)24-22(19)17-8-10-29-14-17/h2-10,12-14,21H,11H2,1H3. The average Bonchev–Trinajstić information content (AvgIpc) is 3.54. The molecular weight excluding hydrogens is 400 g/mol. The van der Waals surface area contributed by atoms with Gasteiger partial charge in [-0.05, 0) is 40.4 Å². The molecule has 29 heavy (non-hydrogen) atoms. The molecule has 1 aliphatic rings. The lowest BCUT2D eigenvalue weighted by Crippen LogP contribution is -2.24. The SMILES string of the molecule is CC(=O)N1N=C(c2ccsc2)CC1c1cn(-c2ccccc2)nc1-c1ccsc1. The molecule has 0 radical (unpaired) electrons. The molecule has 4 heterocycles. The van der Waals surface area contributed by atoms with Crippen LogP contribution in [0, 0.1) is 0 Å². The van der Waals surface area contributed by atoms with Gasteiger partial charge in [-0.3, -0.25) is 4.79 Å². The lowest BCUT2D eigenvalue weighted by atomic mass is 9.98. The molecule has 1 unspecified atom stereocenters. The van der Waals surface area contributed by atoms with E-state index in [2.05, 4.69) is 28.0 Å². The van der Waals surface area contributed by atoms with Gasteiger partial charge in [0.1, 0.15) is 0 Å². The quantitative estimate of drug-likeness (QED) is 0.448. The summed E-state index contributed by atoms with van der Waals surface area (Å²) in [6.07, 6.45) is 2.71. The lowest BCUT2D eigenvalue weighted by Gasteiger charge is -2.20. The molecule has 4 aromatic rings. The van der Waals surface area contributed by atoms with Gasteiger partial charge in [-0.2, -0.15) is 32.9 Å². The van der Waals surface area contributed by atoms with E-state index in [4.69, 9.17) is 5.10 Å². The highest BCUT2D eigenvalue weighted by Gasteiger charge is 2.34. The molecule has 5 nitrogen and oxygen atoms in total. The maximum absolute atomic E-state index is 12.4. The first-order valence-electron chi connectivity index (χ1n) is 9.28. The zero-order valence-corrected chi connectivity index (χ0v) is 17.4. The van der Waals surface area contributed by atoms with Crippen LogP contribution >= 0.6 is 22.7 Å². The summed E-state index contributed by atoms with van der Waals surface area (Å²) in [6.45, 7) is 1.57. The smallest absolute Gasteiger partial charge is 0.240 e. The monoisotopic (exact) mass is 418 g/mol. The van der Waals surface area contributed by atoms with Crippen LogP contribution in [-0.2, 0) is 4.79 Å². The van der Waals surface area contributed by atoms with Crippen LogP contribution in [-0.4, -0.2) is 26.4 Å². The Balaban J connectivity index is 1.61. The Morgan fingerprint density at radius 1 is 1.03 bits per heavy atom. The number of carbonyl (C=O) groups is 1. The second-order valence-electron chi connectivity index (χ2n) is 6.87. The van der Waals surface area contributed by atoms with Crippen LogP contribution in [0.4, 0.5) is 0 Å². The highest BCUT2D eigenvalue weighted by molar-refractivity contribution is 7.08. The van der Waals surface area contributed by atoms with Crippen LogP contribution in [0.2, 0.25) is 0 Å². The molecule has 1 amide bonds. The summed E-state index contributed by atoms with van der Waals surface area (Å²) in [5.74, 6) is -0.0658. The Labute approximate surface area is 176 Å². The Hall–Kier alpha value is -3.03. The molecule has 0 saturated carbocycles. The lowest BCUT2D eigenvalue weighted by molar-refractivity contribution is -0.130. The topological polar surface area (TPSA) is 50.5 Å². The number of nitrogens with zero attached hydrogens (tertiary/aromatic N) is 4. The van der Waals surface area contributed by atoms with E-state index in [0.29, 0.717) is 6.42 Å². The van der Waals surface area contributed by atoms with E-state index in [9.17, 15) is 4.79 Å². The number of aromatic nitrogens is 2. The zero-order chi connectivity index (χ0) is 19.8. The van der Waals surface area contributed by atoms with E-state index < -0.39 is 0 Å². The molecule has 1 atom stereocenters. The van der Waals surface area contributed by atoms with Crippen molar-refractivity contribution in [1.29, 1.82) is 0 Å². The van der Waals surface area contributed by atoms with Crippen molar-refractivity contribution in [3.05, 3.63) is 81.3 Å². The van der Waals surface area contributed by atoms with E-state index in [1.807, 2.05) is 52.0 Å². The average molecular weight is 419 g/mol. The summed E-state index contributed by atoms with van der Waals surface area (Å²) in [5.41, 5.74) is 5.98. The molecule has 7 heteroatoms. The Bertz CT molecular complexity index is 1160. The predicted octanol–water partition coefficient (Wildman–Crippen LogP) is 5.36. The zero-order valence-electron chi connectivity index (χ0n) is 15.7. The Kier molecular flexibility index (Phi) is 4.61. The summed E-state index contributed by atoms with van der Waals surface area (Å²) in [4.78, 5) is 12.4. The van der Waals surface area contributed by atoms with E-state index in [1.165, 1.54) is 0 Å². The van der Waals surface area contributed by atoms with Gasteiger partial charge < -0.3 is 0 Å². The van der Waals surface area contributed by atoms with Crippen molar-refractivity contribution in [3.63, 3.8) is 0 Å². The first-order chi connectivity index (χ1) is 14.2. The molecule has 0 spiro atoms. The van der Waals surface area contributed by atoms with E-state index in [1.54, 1.807) is 34.6 Å². The van der Waals surface area contributed by atoms with Gasteiger partial charge in [0.15, 0.2) is 0 Å². The molecule has 0 bridgehead atoms. The van der Waals surface area contributed by atoms with Crippen LogP contribution in [0.15, 0.2) is 75.3 Å². The van der Waals surface area contributed by atoms with Crippen LogP contribution in [0.3, 0.4) is 0 Å². The van der Waals surface area contributed by atoms with Crippen LogP contribution in [0.1, 0.15) is 30.5 Å². The minimum Gasteiger partial charge on any atom is -0.273 e. The fraction of sp³-hybridized carbons (Fsp3) is 0.136. The summed E-state index contributed by atoms with van der Waals surface area (Å²) >= 11 is 3.28. The number of carbonyl (C=O) groups excluding carboxylic acids is 1. The van der Waals surface area contributed by atoms with Crippen molar-refractivity contribution in [1.82, 2.24) is 14.8 Å². The molecule has 3 aromatic heterocycles. The van der Waals surface area contributed by atoms with E-state index in [0.717, 1.165) is 33.8 Å². The maximum Gasteiger partial charge on any atom is 0.240 e. The minimum absolute atomic E-state index is 0.0658. The molecule has 144 valence electrons. The van der Waals surface area contributed by atoms with Crippen LogP contribution in [0.25, 0.3) is 16.9 Å². The first kappa shape index (κ1) is 18.0. The van der Waals surface area contributed by atoms with Gasteiger partial charge in [-0.25, -0.2) is 9.69 Å². The van der Waals surface area contributed by atoms with Gasteiger partial charge in [-0.1, -0.05) is 18.2 Å². The van der Waals surface area contributed by atoms with Crippen molar-refractivity contribution in [3.8, 4) is 16.9 Å². The summed E-state index contributed by atoms with van der Waals surface area (Å²) < 4.78 is 1.89. The van der Waals surface area contributed by atoms with Crippen LogP contribution < -0.4 is 0 Å². The second-order valence-corrected chi connectivity index (χ2v) is 8.43. The van der Waals surface area contributed by atoms with Gasteiger partial charge in [0.2, 0.25) is 5.91 Å². The van der Waals surface area contributed by atoms with Gasteiger partial charge in [0.05, 0.1) is 23.1 Å². The van der Waals surface area contributed by atoms with Gasteiger partial charge >= 0.3 is 0 Å². The number of para-hydroxylation sites is 1. The molecule has 0 N–H and O–H groups in total. The Morgan fingerprint density at radius 3 is 2.41 bits per heavy atom. The number of hydrazone groups is 1. The van der Waals surface area contributed by atoms with E-state index in [-0.39, 0.29) is 11.9 Å². The Morgan fingerprint density at radius 2 is 1.76 bits per heavy atom. The second kappa shape index (κ2) is 7.42. The van der Waals surface area contributed by atoms with Crippen molar-refractivity contribution in [2.24, 2.45) is 5.10 Å². The summed E-state index contributed by atoms with van der Waals surface area (Å²) in [5, 5.41) is 19.4. The maximum atomic E-state index is 12.4. The number of thiophene rings is 2. The predicted molar refractivity (Wildman–Crippen MR) is 118 cm³/mol. The molecule has 0 saturated heterocycles. The molecule has 5 rings (SSSR count). The van der Waals surface area contributed by atoms with Crippen LogP contribution in [0.5, 0.6) is 0 Å². The number of hydrogen-bond donors (Lipinski definition) is 0. The molecule has 1 aromatic carbocycles. The largest absolute Gasteiger partial charge is 0.273 e. The van der Waals surface area contributed by atoms with Crippen molar-refractivity contribution < 1.29 is 4.79 Å². The van der Waals surface area contributed by atoms with Gasteiger partial charge in [0.25, 0.3) is 0 Å². The fourth-order valence-corrected chi connectivity index (χ4v) is 4.92. The molecule has 1 aliphatic heterocycles. The van der Waals surface area contributed by atoms with Crippen molar-refractivity contribution >= 4 is 34.3 Å². The van der Waals surface area contributed by atoms with Crippen molar-refractivity contribution in [2.45, 2.75) is 19.4 Å². The summed E-state index contributed by atoms with van der Waals surface area (Å²) in [7, 11) is 0. The number of rotatable bonds is 4. The number of benzene rings is 1. The minimum atomic E-state index is -0.172. The third-order valence-corrected chi connectivity index (χ3v) is 6.37. The number of amides is 1. The fourth-order valence-electron chi connectivity index (χ4n) is 3.61. The molecule has 0 aliphatic carbocycles. The third-order valence-electron chi connectivity index (χ3n) is 5.00.